The van der Waals surface area contributed by atoms with Crippen molar-refractivity contribution in [1.29, 1.82) is 0 Å². The summed E-state index contributed by atoms with van der Waals surface area (Å²) in [5.74, 6) is 0.440. The van der Waals surface area contributed by atoms with Crippen molar-refractivity contribution in [2.45, 2.75) is 25.9 Å². The van der Waals surface area contributed by atoms with Crippen LogP contribution >= 0.6 is 0 Å². The Morgan fingerprint density at radius 2 is 2.39 bits per heavy atom. The van der Waals surface area contributed by atoms with Crippen molar-refractivity contribution < 1.29 is 14.0 Å². The normalized spacial score (nSPS) is 19.8. The molecule has 1 atom stereocenters. The van der Waals surface area contributed by atoms with E-state index in [2.05, 4.69) is 5.32 Å². The second kappa shape index (κ2) is 5.22. The maximum atomic E-state index is 12.3. The Labute approximate surface area is 105 Å². The summed E-state index contributed by atoms with van der Waals surface area (Å²) in [4.78, 5) is 25.5. The topological polar surface area (TPSA) is 88.6 Å². The molecule has 0 radical (unpaired) electrons. The maximum Gasteiger partial charge on any atom is 0.290 e. The quantitative estimate of drug-likeness (QED) is 0.796. The minimum absolute atomic E-state index is 0.109. The summed E-state index contributed by atoms with van der Waals surface area (Å²) in [5, 5.41) is 2.75. The highest BCUT2D eigenvalue weighted by atomic mass is 16.4. The summed E-state index contributed by atoms with van der Waals surface area (Å²) in [6, 6.07) is 2.86. The second-order valence-corrected chi connectivity index (χ2v) is 4.18. The fourth-order valence-corrected chi connectivity index (χ4v) is 2.11. The summed E-state index contributed by atoms with van der Waals surface area (Å²) < 4.78 is 5.33. The van der Waals surface area contributed by atoms with Crippen molar-refractivity contribution >= 4 is 11.8 Å². The lowest BCUT2D eigenvalue weighted by molar-refractivity contribution is -0.127. The molecule has 1 aliphatic rings. The van der Waals surface area contributed by atoms with Gasteiger partial charge < -0.3 is 20.4 Å². The van der Waals surface area contributed by atoms with Gasteiger partial charge in [-0.3, -0.25) is 9.59 Å². The third-order valence-corrected chi connectivity index (χ3v) is 3.05. The molecule has 1 saturated heterocycles. The van der Waals surface area contributed by atoms with E-state index in [4.69, 9.17) is 10.2 Å². The lowest BCUT2D eigenvalue weighted by Crippen LogP contribution is -2.56. The fraction of sp³-hybridized carbons (Fsp3) is 0.500. The van der Waals surface area contributed by atoms with E-state index in [1.165, 1.54) is 0 Å². The van der Waals surface area contributed by atoms with Crippen LogP contribution in [0.2, 0.25) is 0 Å². The van der Waals surface area contributed by atoms with Crippen molar-refractivity contribution in [1.82, 2.24) is 10.2 Å². The van der Waals surface area contributed by atoms with E-state index in [1.54, 1.807) is 17.0 Å². The van der Waals surface area contributed by atoms with Crippen LogP contribution in [-0.2, 0) is 11.3 Å². The van der Waals surface area contributed by atoms with E-state index in [0.717, 1.165) is 0 Å². The first-order chi connectivity index (χ1) is 8.67. The van der Waals surface area contributed by atoms with Gasteiger partial charge in [0, 0.05) is 13.1 Å². The maximum absolute atomic E-state index is 12.3. The first-order valence-electron chi connectivity index (χ1n) is 6.04. The Hall–Kier alpha value is -1.82. The molecule has 0 aromatic carbocycles. The van der Waals surface area contributed by atoms with E-state index in [-0.39, 0.29) is 24.1 Å². The molecule has 2 rings (SSSR count). The average molecular weight is 251 g/mol. The van der Waals surface area contributed by atoms with Crippen LogP contribution < -0.4 is 11.1 Å². The zero-order valence-corrected chi connectivity index (χ0v) is 10.3. The fourth-order valence-electron chi connectivity index (χ4n) is 2.11. The monoisotopic (exact) mass is 251 g/mol. The molecule has 0 spiro atoms. The summed E-state index contributed by atoms with van der Waals surface area (Å²) in [6.45, 7) is 3.11. The summed E-state index contributed by atoms with van der Waals surface area (Å²) in [6.07, 6.45) is 0.585. The number of hydrogen-bond acceptors (Lipinski definition) is 4. The van der Waals surface area contributed by atoms with Crippen LogP contribution in [0.25, 0.3) is 0 Å². The standard InChI is InChI=1S/C12H17N3O3/c1-2-9-11(16)14-5-6-15(9)12(17)10-4-3-8(7-13)18-10/h3-4,9H,2,5-7,13H2,1H3,(H,14,16)/t9-/m1/s1. The summed E-state index contributed by atoms with van der Waals surface area (Å²) in [7, 11) is 0. The van der Waals surface area contributed by atoms with Gasteiger partial charge in [-0.15, -0.1) is 0 Å². The van der Waals surface area contributed by atoms with Gasteiger partial charge in [-0.05, 0) is 18.6 Å². The second-order valence-electron chi connectivity index (χ2n) is 4.18. The van der Waals surface area contributed by atoms with Crippen molar-refractivity contribution in [3.8, 4) is 0 Å². The zero-order chi connectivity index (χ0) is 13.1. The largest absolute Gasteiger partial charge is 0.455 e. The lowest BCUT2D eigenvalue weighted by Gasteiger charge is -2.33. The molecule has 2 heterocycles. The van der Waals surface area contributed by atoms with E-state index < -0.39 is 6.04 Å². The van der Waals surface area contributed by atoms with Crippen LogP contribution in [0.15, 0.2) is 16.5 Å². The van der Waals surface area contributed by atoms with Crippen molar-refractivity contribution in [3.05, 3.63) is 23.7 Å². The predicted molar refractivity (Wildman–Crippen MR) is 64.7 cm³/mol. The van der Waals surface area contributed by atoms with Crippen LogP contribution in [0.1, 0.15) is 29.7 Å². The van der Waals surface area contributed by atoms with Gasteiger partial charge in [0.2, 0.25) is 5.91 Å². The third kappa shape index (κ3) is 2.24. The molecule has 6 nitrogen and oxygen atoms in total. The molecule has 98 valence electrons. The third-order valence-electron chi connectivity index (χ3n) is 3.05. The van der Waals surface area contributed by atoms with E-state index in [0.29, 0.717) is 25.3 Å². The minimum Gasteiger partial charge on any atom is -0.455 e. The molecule has 1 aromatic rings. The first-order valence-corrected chi connectivity index (χ1v) is 6.04. The van der Waals surface area contributed by atoms with Gasteiger partial charge in [-0.2, -0.15) is 0 Å². The highest BCUT2D eigenvalue weighted by Crippen LogP contribution is 2.15. The Morgan fingerprint density at radius 3 is 3.00 bits per heavy atom. The molecule has 1 aliphatic heterocycles. The van der Waals surface area contributed by atoms with Gasteiger partial charge in [0.15, 0.2) is 5.76 Å². The van der Waals surface area contributed by atoms with Crippen LogP contribution in [0.3, 0.4) is 0 Å². The van der Waals surface area contributed by atoms with E-state index in [1.807, 2.05) is 6.92 Å². The van der Waals surface area contributed by atoms with Crippen LogP contribution in [0.5, 0.6) is 0 Å². The molecule has 6 heteroatoms. The van der Waals surface area contributed by atoms with Gasteiger partial charge in [0.1, 0.15) is 11.8 Å². The van der Waals surface area contributed by atoms with E-state index >= 15 is 0 Å². The number of hydrogen-bond donors (Lipinski definition) is 2. The molecule has 0 bridgehead atoms. The van der Waals surface area contributed by atoms with Crippen molar-refractivity contribution in [2.24, 2.45) is 5.73 Å². The Balaban J connectivity index is 2.18. The van der Waals surface area contributed by atoms with Crippen LogP contribution in [0.4, 0.5) is 0 Å². The number of nitrogens with zero attached hydrogens (tertiary/aromatic N) is 1. The van der Waals surface area contributed by atoms with Gasteiger partial charge in [0.25, 0.3) is 5.91 Å². The zero-order valence-electron chi connectivity index (χ0n) is 10.3. The number of rotatable bonds is 3. The highest BCUT2D eigenvalue weighted by molar-refractivity contribution is 5.96. The summed E-state index contributed by atoms with van der Waals surface area (Å²) >= 11 is 0. The molecule has 0 saturated carbocycles. The lowest BCUT2D eigenvalue weighted by atomic mass is 10.1. The van der Waals surface area contributed by atoms with Gasteiger partial charge in [-0.25, -0.2) is 0 Å². The van der Waals surface area contributed by atoms with Crippen LogP contribution in [-0.4, -0.2) is 35.8 Å². The number of nitrogens with two attached hydrogens (primary N) is 1. The number of furan rings is 1. The van der Waals surface area contributed by atoms with Gasteiger partial charge in [0.05, 0.1) is 6.54 Å². The molecule has 2 amide bonds. The Morgan fingerprint density at radius 1 is 1.61 bits per heavy atom. The molecular weight excluding hydrogens is 234 g/mol. The molecule has 18 heavy (non-hydrogen) atoms. The minimum atomic E-state index is -0.419. The Bertz CT molecular complexity index is 455. The number of piperazine rings is 1. The molecular formula is C12H17N3O3. The smallest absolute Gasteiger partial charge is 0.290 e. The average Bonchev–Trinajstić information content (AvgIpc) is 2.86. The first kappa shape index (κ1) is 12.6. The molecule has 1 aromatic heterocycles. The Kier molecular flexibility index (Phi) is 3.66. The van der Waals surface area contributed by atoms with E-state index in [9.17, 15) is 9.59 Å². The SMILES string of the molecule is CC[C@@H]1C(=O)NCCN1C(=O)c1ccc(CN)o1. The van der Waals surface area contributed by atoms with Gasteiger partial charge in [-0.1, -0.05) is 6.92 Å². The van der Waals surface area contributed by atoms with Gasteiger partial charge >= 0.3 is 0 Å². The van der Waals surface area contributed by atoms with Crippen molar-refractivity contribution in [2.75, 3.05) is 13.1 Å². The van der Waals surface area contributed by atoms with Crippen molar-refractivity contribution in [3.63, 3.8) is 0 Å². The number of nitrogens with one attached hydrogen (secondary N) is 1. The van der Waals surface area contributed by atoms with Crippen LogP contribution in [0, 0.1) is 0 Å². The molecule has 1 fully saturated rings. The summed E-state index contributed by atoms with van der Waals surface area (Å²) in [5.41, 5.74) is 5.43. The molecule has 0 aliphatic carbocycles. The number of carbonyl (C=O) groups is 2. The number of carbonyl (C=O) groups excluding carboxylic acids is 2. The molecule has 0 unspecified atom stereocenters. The predicted octanol–water partition coefficient (Wildman–Crippen LogP) is 0.0889. The number of amides is 2. The highest BCUT2D eigenvalue weighted by Gasteiger charge is 2.33. The molecule has 3 N–H and O–H groups in total.